The van der Waals surface area contributed by atoms with Gasteiger partial charge in [0.05, 0.1) is 0 Å². The zero-order chi connectivity index (χ0) is 23.5. The summed E-state index contributed by atoms with van der Waals surface area (Å²) < 4.78 is 8.54. The van der Waals surface area contributed by atoms with Gasteiger partial charge in [0.1, 0.15) is 24.3 Å². The standard InChI is InChI=1S/C29H32N4OS/c1-2-5-22(6-3-1)20-34-26-8-4-7-23(17-26)28-19-33(29-27(28)18-30-21-31-29)25-11-9-24(10-12-25)32-13-15-35-16-14-32/h1-8,17-19,21,24-25H,9-16,20H2. The highest BCUT2D eigenvalue weighted by Crippen LogP contribution is 2.38. The van der Waals surface area contributed by atoms with Gasteiger partial charge in [-0.05, 0) is 48.9 Å². The lowest BCUT2D eigenvalue weighted by Gasteiger charge is -2.39. The normalized spacial score (nSPS) is 21.3. The molecule has 3 heterocycles. The predicted molar refractivity (Wildman–Crippen MR) is 144 cm³/mol. The minimum atomic E-state index is 0.495. The number of nitrogens with zero attached hydrogens (tertiary/aromatic N) is 4. The van der Waals surface area contributed by atoms with Gasteiger partial charge in [0.25, 0.3) is 0 Å². The van der Waals surface area contributed by atoms with Gasteiger partial charge < -0.3 is 9.30 Å². The molecule has 1 saturated carbocycles. The fraction of sp³-hybridized carbons (Fsp3) is 0.379. The molecule has 0 unspecified atom stereocenters. The Labute approximate surface area is 211 Å². The van der Waals surface area contributed by atoms with E-state index in [0.29, 0.717) is 12.6 Å². The highest BCUT2D eigenvalue weighted by molar-refractivity contribution is 7.99. The monoisotopic (exact) mass is 484 g/mol. The van der Waals surface area contributed by atoms with Crippen LogP contribution in [0.3, 0.4) is 0 Å². The third-order valence-corrected chi connectivity index (χ3v) is 8.45. The van der Waals surface area contributed by atoms with Crippen molar-refractivity contribution in [2.24, 2.45) is 0 Å². The molecule has 6 heteroatoms. The van der Waals surface area contributed by atoms with Gasteiger partial charge in [0.2, 0.25) is 0 Å². The molecule has 0 atom stereocenters. The lowest BCUT2D eigenvalue weighted by molar-refractivity contribution is 0.151. The van der Waals surface area contributed by atoms with Crippen molar-refractivity contribution in [1.82, 2.24) is 19.4 Å². The van der Waals surface area contributed by atoms with Crippen molar-refractivity contribution >= 4 is 22.8 Å². The Kier molecular flexibility index (Phi) is 6.74. The minimum Gasteiger partial charge on any atom is -0.489 e. The minimum absolute atomic E-state index is 0.495. The van der Waals surface area contributed by atoms with Gasteiger partial charge in [0.15, 0.2) is 0 Å². The molecule has 1 aliphatic carbocycles. The fourth-order valence-corrected chi connectivity index (χ4v) is 6.57. The SMILES string of the molecule is c1ccc(COc2cccc(-c3cn(C4CCC(N5CCSCC5)CC4)c4ncncc34)c2)cc1. The summed E-state index contributed by atoms with van der Waals surface area (Å²) in [6.45, 7) is 3.08. The average molecular weight is 485 g/mol. The molecule has 2 aliphatic rings. The molecule has 4 aromatic rings. The average Bonchev–Trinajstić information content (AvgIpc) is 3.33. The van der Waals surface area contributed by atoms with Crippen molar-refractivity contribution in [3.8, 4) is 16.9 Å². The van der Waals surface area contributed by atoms with Crippen LogP contribution in [0.5, 0.6) is 5.75 Å². The van der Waals surface area contributed by atoms with Crippen LogP contribution in [0, 0.1) is 0 Å². The summed E-state index contributed by atoms with van der Waals surface area (Å²) in [6.07, 6.45) is 10.9. The lowest BCUT2D eigenvalue weighted by atomic mass is 9.90. The molecule has 2 fully saturated rings. The first-order valence-electron chi connectivity index (χ1n) is 12.7. The highest BCUT2D eigenvalue weighted by Gasteiger charge is 2.29. The summed E-state index contributed by atoms with van der Waals surface area (Å²) in [5.74, 6) is 3.46. The van der Waals surface area contributed by atoms with Gasteiger partial charge in [0, 0.05) is 60.0 Å². The van der Waals surface area contributed by atoms with Crippen LogP contribution in [0.2, 0.25) is 0 Å². The van der Waals surface area contributed by atoms with Crippen molar-refractivity contribution in [2.45, 2.75) is 44.4 Å². The molecule has 2 aromatic heterocycles. The zero-order valence-electron chi connectivity index (χ0n) is 20.1. The summed E-state index contributed by atoms with van der Waals surface area (Å²) in [6, 6.07) is 19.9. The van der Waals surface area contributed by atoms with Crippen LogP contribution in [0.1, 0.15) is 37.3 Å². The molecular formula is C29H32N4OS. The number of aromatic nitrogens is 3. The smallest absolute Gasteiger partial charge is 0.144 e. The van der Waals surface area contributed by atoms with Crippen molar-refractivity contribution < 1.29 is 4.74 Å². The van der Waals surface area contributed by atoms with Crippen molar-refractivity contribution in [2.75, 3.05) is 24.6 Å². The molecule has 5 nitrogen and oxygen atoms in total. The Bertz CT molecular complexity index is 1260. The van der Waals surface area contributed by atoms with Crippen molar-refractivity contribution in [1.29, 1.82) is 0 Å². The van der Waals surface area contributed by atoms with E-state index < -0.39 is 0 Å². The zero-order valence-corrected chi connectivity index (χ0v) is 20.9. The first-order chi connectivity index (χ1) is 17.3. The van der Waals surface area contributed by atoms with E-state index in [9.17, 15) is 0 Å². The van der Waals surface area contributed by atoms with Crippen LogP contribution >= 0.6 is 11.8 Å². The molecule has 0 spiro atoms. The van der Waals surface area contributed by atoms with Gasteiger partial charge >= 0.3 is 0 Å². The number of hydrogen-bond donors (Lipinski definition) is 0. The van der Waals surface area contributed by atoms with E-state index in [1.807, 2.05) is 30.5 Å². The van der Waals surface area contributed by atoms with E-state index in [2.05, 4.69) is 62.7 Å². The van der Waals surface area contributed by atoms with Crippen LogP contribution in [-0.4, -0.2) is 50.1 Å². The number of thioether (sulfide) groups is 1. The summed E-state index contributed by atoms with van der Waals surface area (Å²) in [5.41, 5.74) is 4.54. The van der Waals surface area contributed by atoms with E-state index in [0.717, 1.165) is 28.4 Å². The summed E-state index contributed by atoms with van der Waals surface area (Å²) >= 11 is 2.10. The second-order valence-electron chi connectivity index (χ2n) is 9.62. The number of benzene rings is 2. The second-order valence-corrected chi connectivity index (χ2v) is 10.8. The Balaban J connectivity index is 1.23. The lowest BCUT2D eigenvalue weighted by Crippen LogP contribution is -2.43. The van der Waals surface area contributed by atoms with Crippen molar-refractivity contribution in [3.05, 3.63) is 78.9 Å². The van der Waals surface area contributed by atoms with E-state index in [1.165, 1.54) is 61.4 Å². The van der Waals surface area contributed by atoms with Crippen LogP contribution < -0.4 is 4.74 Å². The Morgan fingerprint density at radius 2 is 1.71 bits per heavy atom. The molecular weight excluding hydrogens is 452 g/mol. The van der Waals surface area contributed by atoms with E-state index in [1.54, 1.807) is 6.33 Å². The molecule has 6 rings (SSSR count). The van der Waals surface area contributed by atoms with Crippen LogP contribution in [0.4, 0.5) is 0 Å². The van der Waals surface area contributed by atoms with Crippen molar-refractivity contribution in [3.63, 3.8) is 0 Å². The fourth-order valence-electron chi connectivity index (χ4n) is 5.64. The Hall–Kier alpha value is -2.83. The Morgan fingerprint density at radius 3 is 2.54 bits per heavy atom. The molecule has 0 N–H and O–H groups in total. The second kappa shape index (κ2) is 10.4. The quantitative estimate of drug-likeness (QED) is 0.325. The predicted octanol–water partition coefficient (Wildman–Crippen LogP) is 6.21. The van der Waals surface area contributed by atoms with E-state index in [4.69, 9.17) is 9.72 Å². The molecule has 1 aliphatic heterocycles. The third-order valence-electron chi connectivity index (χ3n) is 7.51. The first kappa shape index (κ1) is 22.6. The third kappa shape index (κ3) is 4.95. The number of fused-ring (bicyclic) bond motifs is 1. The summed E-state index contributed by atoms with van der Waals surface area (Å²) in [7, 11) is 0. The van der Waals surface area contributed by atoms with Gasteiger partial charge in [-0.2, -0.15) is 11.8 Å². The topological polar surface area (TPSA) is 43.2 Å². The maximum Gasteiger partial charge on any atom is 0.144 e. The van der Waals surface area contributed by atoms with Crippen LogP contribution in [0.15, 0.2) is 73.3 Å². The van der Waals surface area contributed by atoms with Gasteiger partial charge in [-0.3, -0.25) is 4.90 Å². The molecule has 35 heavy (non-hydrogen) atoms. The summed E-state index contributed by atoms with van der Waals surface area (Å²) in [5, 5.41) is 1.11. The Morgan fingerprint density at radius 1 is 0.914 bits per heavy atom. The number of rotatable bonds is 6. The van der Waals surface area contributed by atoms with Crippen LogP contribution in [0.25, 0.3) is 22.2 Å². The molecule has 0 amide bonds. The van der Waals surface area contributed by atoms with Gasteiger partial charge in [-0.15, -0.1) is 0 Å². The van der Waals surface area contributed by atoms with Crippen LogP contribution in [-0.2, 0) is 6.61 Å². The molecule has 0 radical (unpaired) electrons. The molecule has 1 saturated heterocycles. The largest absolute Gasteiger partial charge is 0.489 e. The maximum atomic E-state index is 6.11. The molecule has 0 bridgehead atoms. The van der Waals surface area contributed by atoms with Gasteiger partial charge in [-0.25, -0.2) is 9.97 Å². The highest BCUT2D eigenvalue weighted by atomic mass is 32.2. The summed E-state index contributed by atoms with van der Waals surface area (Å²) in [4.78, 5) is 11.8. The van der Waals surface area contributed by atoms with E-state index in [-0.39, 0.29) is 0 Å². The van der Waals surface area contributed by atoms with Gasteiger partial charge in [-0.1, -0.05) is 42.5 Å². The maximum absolute atomic E-state index is 6.11. The van der Waals surface area contributed by atoms with E-state index >= 15 is 0 Å². The number of hydrogen-bond acceptors (Lipinski definition) is 5. The first-order valence-corrected chi connectivity index (χ1v) is 13.9. The molecule has 2 aromatic carbocycles. The molecule has 180 valence electrons. The number of ether oxygens (including phenoxy) is 1.